The molecule has 25 heavy (non-hydrogen) atoms. The molecule has 1 amide bonds. The van der Waals surface area contributed by atoms with Crippen LogP contribution in [0.3, 0.4) is 0 Å². The van der Waals surface area contributed by atoms with Crippen molar-refractivity contribution in [2.24, 2.45) is 0 Å². The highest BCUT2D eigenvalue weighted by Crippen LogP contribution is 2.31. The summed E-state index contributed by atoms with van der Waals surface area (Å²) in [5.74, 6) is 0.122. The first-order valence-electron chi connectivity index (χ1n) is 8.77. The molecule has 0 fully saturated rings. The van der Waals surface area contributed by atoms with E-state index in [9.17, 15) is 4.79 Å². The number of aryl methyl sites for hydroxylation is 1. The molecule has 128 valence electrons. The van der Waals surface area contributed by atoms with Crippen LogP contribution < -0.4 is 0 Å². The van der Waals surface area contributed by atoms with Gasteiger partial charge in [0.15, 0.2) is 0 Å². The molecule has 0 spiro atoms. The number of amides is 1. The minimum Gasteiger partial charge on any atom is -0.332 e. The lowest BCUT2D eigenvalue weighted by Crippen LogP contribution is -2.38. The van der Waals surface area contributed by atoms with Crippen LogP contribution in [-0.2, 0) is 12.8 Å². The van der Waals surface area contributed by atoms with Crippen LogP contribution in [0.1, 0.15) is 47.1 Å². The molecule has 0 aliphatic carbocycles. The van der Waals surface area contributed by atoms with Crippen molar-refractivity contribution in [3.05, 3.63) is 75.5 Å². The summed E-state index contributed by atoms with van der Waals surface area (Å²) < 4.78 is 3.18. The molecule has 3 nitrogen and oxygen atoms in total. The highest BCUT2D eigenvalue weighted by molar-refractivity contribution is 9.10. The Labute approximate surface area is 156 Å². The van der Waals surface area contributed by atoms with E-state index in [4.69, 9.17) is 0 Å². The Hall–Kier alpha value is -2.07. The van der Waals surface area contributed by atoms with Gasteiger partial charge in [-0.15, -0.1) is 0 Å². The van der Waals surface area contributed by atoms with Crippen molar-refractivity contribution < 1.29 is 4.79 Å². The second-order valence-electron chi connectivity index (χ2n) is 6.67. The standard InChI is InChI=1S/C21H21BrN2O/c1-3-18-10-16(11-19-12-17(22)13-24(18)19)21(25)23-9-8-15-6-4-5-7-20(15)14(23)2/h4-7,10-14H,3,8-9H2,1-2H3/t14-/m1/s1. The van der Waals surface area contributed by atoms with Gasteiger partial charge in [0.1, 0.15) is 0 Å². The van der Waals surface area contributed by atoms with E-state index in [1.165, 1.54) is 11.1 Å². The average Bonchev–Trinajstić information content (AvgIpc) is 3.01. The van der Waals surface area contributed by atoms with Gasteiger partial charge in [-0.1, -0.05) is 31.2 Å². The smallest absolute Gasteiger partial charge is 0.254 e. The molecule has 0 unspecified atom stereocenters. The summed E-state index contributed by atoms with van der Waals surface area (Å²) in [6.07, 6.45) is 3.87. The number of benzene rings is 1. The predicted molar refractivity (Wildman–Crippen MR) is 104 cm³/mol. The molecule has 4 rings (SSSR count). The molecule has 1 aliphatic rings. The van der Waals surface area contributed by atoms with Gasteiger partial charge < -0.3 is 9.30 Å². The monoisotopic (exact) mass is 396 g/mol. The molecule has 1 aromatic carbocycles. The molecule has 0 N–H and O–H groups in total. The molecule has 1 aliphatic heterocycles. The van der Waals surface area contributed by atoms with Crippen molar-refractivity contribution in [3.8, 4) is 0 Å². The van der Waals surface area contributed by atoms with Crippen molar-refractivity contribution in [2.75, 3.05) is 6.54 Å². The van der Waals surface area contributed by atoms with E-state index < -0.39 is 0 Å². The van der Waals surface area contributed by atoms with Crippen LogP contribution in [0.25, 0.3) is 5.52 Å². The van der Waals surface area contributed by atoms with Crippen molar-refractivity contribution in [1.82, 2.24) is 9.30 Å². The molecular weight excluding hydrogens is 376 g/mol. The highest BCUT2D eigenvalue weighted by atomic mass is 79.9. The van der Waals surface area contributed by atoms with Gasteiger partial charge in [0.05, 0.1) is 6.04 Å². The molecule has 2 aromatic heterocycles. The minimum absolute atomic E-state index is 0.109. The third kappa shape index (κ3) is 2.78. The van der Waals surface area contributed by atoms with Crippen LogP contribution in [0.2, 0.25) is 0 Å². The first-order chi connectivity index (χ1) is 12.1. The van der Waals surface area contributed by atoms with E-state index in [1.54, 1.807) is 0 Å². The van der Waals surface area contributed by atoms with E-state index in [0.29, 0.717) is 0 Å². The van der Waals surface area contributed by atoms with Gasteiger partial charge in [0.25, 0.3) is 5.91 Å². The van der Waals surface area contributed by atoms with Gasteiger partial charge in [0.2, 0.25) is 0 Å². The Bertz CT molecular complexity index is 960. The van der Waals surface area contributed by atoms with Gasteiger partial charge in [0, 0.05) is 34.0 Å². The summed E-state index contributed by atoms with van der Waals surface area (Å²) in [5, 5.41) is 0. The number of hydrogen-bond acceptors (Lipinski definition) is 1. The van der Waals surface area contributed by atoms with Crippen LogP contribution in [-0.4, -0.2) is 21.8 Å². The molecule has 0 saturated carbocycles. The number of hydrogen-bond donors (Lipinski definition) is 0. The van der Waals surface area contributed by atoms with Crippen LogP contribution in [0.5, 0.6) is 0 Å². The number of halogens is 1. The Balaban J connectivity index is 1.73. The molecule has 3 heterocycles. The summed E-state index contributed by atoms with van der Waals surface area (Å²) >= 11 is 3.54. The lowest BCUT2D eigenvalue weighted by Gasteiger charge is -2.35. The van der Waals surface area contributed by atoms with Crippen molar-refractivity contribution in [2.45, 2.75) is 32.7 Å². The maximum atomic E-state index is 13.2. The van der Waals surface area contributed by atoms with Crippen molar-refractivity contribution in [1.29, 1.82) is 0 Å². The molecule has 0 saturated heterocycles. The van der Waals surface area contributed by atoms with Crippen molar-refractivity contribution >= 4 is 27.4 Å². The number of pyridine rings is 1. The zero-order valence-corrected chi connectivity index (χ0v) is 16.1. The summed E-state index contributed by atoms with van der Waals surface area (Å²) in [7, 11) is 0. The Morgan fingerprint density at radius 2 is 2.04 bits per heavy atom. The fourth-order valence-corrected chi connectivity index (χ4v) is 4.31. The first kappa shape index (κ1) is 16.4. The van der Waals surface area contributed by atoms with Crippen LogP contribution >= 0.6 is 15.9 Å². The maximum Gasteiger partial charge on any atom is 0.254 e. The van der Waals surface area contributed by atoms with Gasteiger partial charge >= 0.3 is 0 Å². The fraction of sp³-hybridized carbons (Fsp3) is 0.286. The third-order valence-corrected chi connectivity index (χ3v) is 5.65. The van der Waals surface area contributed by atoms with Crippen LogP contribution in [0.15, 0.2) is 53.1 Å². The van der Waals surface area contributed by atoms with Gasteiger partial charge in [-0.05, 0) is 65.0 Å². The maximum absolute atomic E-state index is 13.2. The molecule has 3 aromatic rings. The summed E-state index contributed by atoms with van der Waals surface area (Å²) in [5.41, 5.74) is 5.61. The van der Waals surface area contributed by atoms with E-state index in [0.717, 1.165) is 40.6 Å². The normalized spacial score (nSPS) is 16.9. The third-order valence-electron chi connectivity index (χ3n) is 5.22. The fourth-order valence-electron chi connectivity index (χ4n) is 3.87. The number of carbonyl (C=O) groups is 1. The number of nitrogens with zero attached hydrogens (tertiary/aromatic N) is 2. The van der Waals surface area contributed by atoms with Gasteiger partial charge in [-0.25, -0.2) is 0 Å². The number of fused-ring (bicyclic) bond motifs is 2. The van der Waals surface area contributed by atoms with E-state index in [2.05, 4.69) is 70.7 Å². The highest BCUT2D eigenvalue weighted by Gasteiger charge is 2.28. The molecular formula is C21H21BrN2O. The van der Waals surface area contributed by atoms with Gasteiger partial charge in [-0.3, -0.25) is 4.79 Å². The molecule has 0 bridgehead atoms. The van der Waals surface area contributed by atoms with Crippen LogP contribution in [0.4, 0.5) is 0 Å². The SMILES string of the molecule is CCc1cc(C(=O)N2CCc3ccccc3[C@H]2C)cc2cc(Br)cn12. The lowest BCUT2D eigenvalue weighted by atomic mass is 9.93. The second-order valence-corrected chi connectivity index (χ2v) is 7.58. The average molecular weight is 397 g/mol. The Morgan fingerprint density at radius 3 is 2.84 bits per heavy atom. The molecule has 4 heteroatoms. The Kier molecular flexibility index (Phi) is 4.16. The van der Waals surface area contributed by atoms with E-state index >= 15 is 0 Å². The Morgan fingerprint density at radius 1 is 1.24 bits per heavy atom. The molecule has 1 atom stereocenters. The quantitative estimate of drug-likeness (QED) is 0.596. The zero-order chi connectivity index (χ0) is 17.6. The zero-order valence-electron chi connectivity index (χ0n) is 14.5. The summed E-state index contributed by atoms with van der Waals surface area (Å²) in [6.45, 7) is 5.02. The topological polar surface area (TPSA) is 24.7 Å². The molecule has 0 radical (unpaired) electrons. The number of aromatic nitrogens is 1. The predicted octanol–water partition coefficient (Wildman–Crippen LogP) is 5.02. The lowest BCUT2D eigenvalue weighted by molar-refractivity contribution is 0.0677. The largest absolute Gasteiger partial charge is 0.332 e. The van der Waals surface area contributed by atoms with E-state index in [1.807, 2.05) is 17.0 Å². The summed E-state index contributed by atoms with van der Waals surface area (Å²) in [6, 6.07) is 14.7. The van der Waals surface area contributed by atoms with Crippen LogP contribution in [0, 0.1) is 0 Å². The van der Waals surface area contributed by atoms with Gasteiger partial charge in [-0.2, -0.15) is 0 Å². The second kappa shape index (κ2) is 6.34. The number of rotatable bonds is 2. The number of carbonyl (C=O) groups excluding carboxylic acids is 1. The minimum atomic E-state index is 0.109. The summed E-state index contributed by atoms with van der Waals surface area (Å²) in [4.78, 5) is 15.2. The first-order valence-corrected chi connectivity index (χ1v) is 9.57. The van der Waals surface area contributed by atoms with E-state index in [-0.39, 0.29) is 11.9 Å². The van der Waals surface area contributed by atoms with Crippen molar-refractivity contribution in [3.63, 3.8) is 0 Å².